The maximum absolute atomic E-state index is 12.5. The van der Waals surface area contributed by atoms with Gasteiger partial charge in [-0.1, -0.05) is 6.07 Å². The Balaban J connectivity index is 1.57. The average molecular weight is 386 g/mol. The Morgan fingerprint density at radius 2 is 1.96 bits per heavy atom. The molecule has 3 rings (SSSR count). The fraction of sp³-hybridized carbons (Fsp3) is 0.450. The van der Waals surface area contributed by atoms with Crippen LogP contribution in [0.4, 0.5) is 5.95 Å². The van der Waals surface area contributed by atoms with Gasteiger partial charge in [0.15, 0.2) is 11.5 Å². The zero-order valence-corrected chi connectivity index (χ0v) is 16.5. The third-order valence-electron chi connectivity index (χ3n) is 4.65. The van der Waals surface area contributed by atoms with Crippen molar-refractivity contribution in [1.29, 1.82) is 0 Å². The van der Waals surface area contributed by atoms with Gasteiger partial charge < -0.3 is 24.4 Å². The summed E-state index contributed by atoms with van der Waals surface area (Å²) in [4.78, 5) is 23.4. The van der Waals surface area contributed by atoms with Crippen molar-refractivity contribution in [3.05, 3.63) is 41.2 Å². The van der Waals surface area contributed by atoms with Gasteiger partial charge in [-0.25, -0.2) is 9.97 Å². The van der Waals surface area contributed by atoms with Crippen LogP contribution in [0.15, 0.2) is 24.4 Å². The van der Waals surface area contributed by atoms with Crippen LogP contribution in [0.1, 0.15) is 21.6 Å². The summed E-state index contributed by atoms with van der Waals surface area (Å²) < 4.78 is 15.9. The van der Waals surface area contributed by atoms with E-state index in [1.54, 1.807) is 20.4 Å². The second kappa shape index (κ2) is 9.36. The van der Waals surface area contributed by atoms with E-state index in [-0.39, 0.29) is 5.91 Å². The molecular weight excluding hydrogens is 360 g/mol. The second-order valence-corrected chi connectivity index (χ2v) is 6.46. The highest BCUT2D eigenvalue weighted by Gasteiger charge is 2.17. The lowest BCUT2D eigenvalue weighted by Crippen LogP contribution is -2.37. The maximum Gasteiger partial charge on any atom is 0.254 e. The third-order valence-corrected chi connectivity index (χ3v) is 4.65. The van der Waals surface area contributed by atoms with E-state index in [0.717, 1.165) is 18.7 Å². The normalized spacial score (nSPS) is 13.9. The Morgan fingerprint density at radius 1 is 1.21 bits per heavy atom. The predicted octanol–water partition coefficient (Wildman–Crippen LogP) is 1.61. The summed E-state index contributed by atoms with van der Waals surface area (Å²) in [5, 5.41) is 2.93. The van der Waals surface area contributed by atoms with Gasteiger partial charge in [-0.15, -0.1) is 0 Å². The van der Waals surface area contributed by atoms with Crippen LogP contribution < -0.4 is 19.7 Å². The number of aromatic nitrogens is 2. The number of nitrogens with one attached hydrogen (secondary N) is 1. The summed E-state index contributed by atoms with van der Waals surface area (Å²) >= 11 is 0. The van der Waals surface area contributed by atoms with Crippen molar-refractivity contribution in [3.63, 3.8) is 0 Å². The van der Waals surface area contributed by atoms with Crippen LogP contribution in [0.3, 0.4) is 0 Å². The molecule has 1 aromatic heterocycles. The Bertz CT molecular complexity index is 822. The number of nitrogens with zero attached hydrogens (tertiary/aromatic N) is 3. The van der Waals surface area contributed by atoms with E-state index in [9.17, 15) is 4.79 Å². The lowest BCUT2D eigenvalue weighted by Gasteiger charge is -2.27. The van der Waals surface area contributed by atoms with Gasteiger partial charge in [0.05, 0.1) is 38.7 Å². The van der Waals surface area contributed by atoms with Crippen molar-refractivity contribution in [2.45, 2.75) is 13.3 Å². The first-order valence-corrected chi connectivity index (χ1v) is 9.28. The van der Waals surface area contributed by atoms with E-state index in [0.29, 0.717) is 54.9 Å². The molecule has 1 aliphatic rings. The van der Waals surface area contributed by atoms with E-state index in [2.05, 4.69) is 20.2 Å². The van der Waals surface area contributed by atoms with Crippen LogP contribution in [0.2, 0.25) is 0 Å². The predicted molar refractivity (Wildman–Crippen MR) is 105 cm³/mol. The standard InChI is InChI=1S/C20H26N4O4/c1-14-16(13-22-20(23-14)24-8-10-28-11-9-24)19(25)21-7-6-15-4-5-17(26-2)18(12-15)27-3/h4-5,12-13H,6-11H2,1-3H3,(H,21,25). The summed E-state index contributed by atoms with van der Waals surface area (Å²) in [7, 11) is 3.21. The molecule has 1 aromatic carbocycles. The number of hydrogen-bond donors (Lipinski definition) is 1. The molecule has 150 valence electrons. The Hall–Kier alpha value is -2.87. The Kier molecular flexibility index (Phi) is 6.65. The van der Waals surface area contributed by atoms with Gasteiger partial charge in [0.2, 0.25) is 5.95 Å². The van der Waals surface area contributed by atoms with E-state index in [1.165, 1.54) is 0 Å². The number of aryl methyl sites for hydroxylation is 1. The monoisotopic (exact) mass is 386 g/mol. The van der Waals surface area contributed by atoms with E-state index in [4.69, 9.17) is 14.2 Å². The van der Waals surface area contributed by atoms with Crippen molar-refractivity contribution in [3.8, 4) is 11.5 Å². The van der Waals surface area contributed by atoms with Crippen molar-refractivity contribution in [2.24, 2.45) is 0 Å². The molecule has 8 heteroatoms. The molecule has 0 aliphatic carbocycles. The first kappa shape index (κ1) is 19.9. The molecule has 0 bridgehead atoms. The molecule has 0 atom stereocenters. The molecule has 1 aliphatic heterocycles. The zero-order valence-electron chi connectivity index (χ0n) is 16.5. The molecule has 2 heterocycles. The molecule has 1 N–H and O–H groups in total. The summed E-state index contributed by atoms with van der Waals surface area (Å²) in [6.07, 6.45) is 2.27. The number of carbonyl (C=O) groups excluding carboxylic acids is 1. The van der Waals surface area contributed by atoms with Gasteiger partial charge in [0, 0.05) is 25.8 Å². The van der Waals surface area contributed by atoms with Gasteiger partial charge in [-0.2, -0.15) is 0 Å². The van der Waals surface area contributed by atoms with Gasteiger partial charge in [-0.3, -0.25) is 4.79 Å². The number of carbonyl (C=O) groups is 1. The lowest BCUT2D eigenvalue weighted by molar-refractivity contribution is 0.0952. The minimum Gasteiger partial charge on any atom is -0.493 e. The number of rotatable bonds is 7. The highest BCUT2D eigenvalue weighted by molar-refractivity contribution is 5.95. The molecule has 8 nitrogen and oxygen atoms in total. The fourth-order valence-corrected chi connectivity index (χ4v) is 3.05. The molecule has 2 aromatic rings. The minimum atomic E-state index is -0.175. The van der Waals surface area contributed by atoms with Gasteiger partial charge in [-0.05, 0) is 31.0 Å². The van der Waals surface area contributed by atoms with E-state index >= 15 is 0 Å². The molecule has 0 spiro atoms. The molecule has 0 saturated carbocycles. The number of methoxy groups -OCH3 is 2. The van der Waals surface area contributed by atoms with Crippen LogP contribution in [-0.2, 0) is 11.2 Å². The number of benzene rings is 1. The van der Waals surface area contributed by atoms with Crippen molar-refractivity contribution in [1.82, 2.24) is 15.3 Å². The van der Waals surface area contributed by atoms with E-state index in [1.807, 2.05) is 25.1 Å². The van der Waals surface area contributed by atoms with Crippen LogP contribution in [0, 0.1) is 6.92 Å². The average Bonchev–Trinajstić information content (AvgIpc) is 2.74. The number of hydrogen-bond acceptors (Lipinski definition) is 7. The van der Waals surface area contributed by atoms with Gasteiger partial charge >= 0.3 is 0 Å². The summed E-state index contributed by atoms with van der Waals surface area (Å²) in [6.45, 7) is 5.18. The highest BCUT2D eigenvalue weighted by Crippen LogP contribution is 2.27. The summed E-state index contributed by atoms with van der Waals surface area (Å²) in [5.74, 6) is 1.83. The SMILES string of the molecule is COc1ccc(CCNC(=O)c2cnc(N3CCOCC3)nc2C)cc1OC. The van der Waals surface area contributed by atoms with Crippen molar-refractivity contribution < 1.29 is 19.0 Å². The van der Waals surface area contributed by atoms with Crippen molar-refractivity contribution in [2.75, 3.05) is 52.0 Å². The Morgan fingerprint density at radius 3 is 2.64 bits per heavy atom. The fourth-order valence-electron chi connectivity index (χ4n) is 3.05. The van der Waals surface area contributed by atoms with Crippen molar-refractivity contribution >= 4 is 11.9 Å². The number of amides is 1. The summed E-state index contributed by atoms with van der Waals surface area (Å²) in [5.41, 5.74) is 2.21. The zero-order chi connectivity index (χ0) is 19.9. The molecule has 1 saturated heterocycles. The molecule has 1 amide bonds. The first-order chi connectivity index (χ1) is 13.6. The number of morpholine rings is 1. The number of ether oxygens (including phenoxy) is 3. The molecule has 1 fully saturated rings. The largest absolute Gasteiger partial charge is 0.493 e. The quantitative estimate of drug-likeness (QED) is 0.774. The molecule has 0 radical (unpaired) electrons. The van der Waals surface area contributed by atoms with Crippen LogP contribution in [-0.4, -0.2) is 62.9 Å². The second-order valence-electron chi connectivity index (χ2n) is 6.46. The van der Waals surface area contributed by atoms with Gasteiger partial charge in [0.1, 0.15) is 0 Å². The minimum absolute atomic E-state index is 0.175. The number of anilines is 1. The maximum atomic E-state index is 12.5. The smallest absolute Gasteiger partial charge is 0.254 e. The van der Waals surface area contributed by atoms with Gasteiger partial charge in [0.25, 0.3) is 5.91 Å². The molecular formula is C20H26N4O4. The third kappa shape index (κ3) is 4.69. The topological polar surface area (TPSA) is 85.8 Å². The lowest BCUT2D eigenvalue weighted by atomic mass is 10.1. The highest BCUT2D eigenvalue weighted by atomic mass is 16.5. The Labute approximate surface area is 164 Å². The first-order valence-electron chi connectivity index (χ1n) is 9.28. The van der Waals surface area contributed by atoms with Crippen LogP contribution in [0.5, 0.6) is 11.5 Å². The van der Waals surface area contributed by atoms with Crippen LogP contribution >= 0.6 is 0 Å². The summed E-state index contributed by atoms with van der Waals surface area (Å²) in [6, 6.07) is 5.73. The van der Waals surface area contributed by atoms with Crippen LogP contribution in [0.25, 0.3) is 0 Å². The molecule has 0 unspecified atom stereocenters. The van der Waals surface area contributed by atoms with E-state index < -0.39 is 0 Å². The molecule has 28 heavy (non-hydrogen) atoms.